The van der Waals surface area contributed by atoms with E-state index >= 15 is 0 Å². The first kappa shape index (κ1) is 17.2. The van der Waals surface area contributed by atoms with Crippen LogP contribution in [0.5, 0.6) is 0 Å². The molecule has 1 aromatic carbocycles. The Hall–Kier alpha value is -1.60. The molecule has 2 heterocycles. The van der Waals surface area contributed by atoms with Crippen LogP contribution in [0.15, 0.2) is 41.8 Å². The van der Waals surface area contributed by atoms with Crippen molar-refractivity contribution in [1.82, 2.24) is 10.2 Å². The number of thiophene rings is 1. The first-order valence-corrected chi connectivity index (χ1v) is 9.14. The second-order valence-corrected chi connectivity index (χ2v) is 6.94. The molecule has 1 atom stereocenters. The monoisotopic (exact) mass is 365 g/mol. The van der Waals surface area contributed by atoms with Crippen LogP contribution in [-0.2, 0) is 4.74 Å². The minimum Gasteiger partial charge on any atom is -0.379 e. The number of benzene rings is 1. The van der Waals surface area contributed by atoms with Gasteiger partial charge in [0.25, 0.3) is 0 Å². The quantitative estimate of drug-likeness (QED) is 0.851. The second kappa shape index (κ2) is 8.48. The van der Waals surface area contributed by atoms with Gasteiger partial charge in [0, 0.05) is 35.2 Å². The number of urea groups is 1. The molecular formula is C17H20ClN3O2S. The number of hydrogen-bond acceptors (Lipinski definition) is 4. The Morgan fingerprint density at radius 1 is 1.29 bits per heavy atom. The van der Waals surface area contributed by atoms with Gasteiger partial charge in [-0.3, -0.25) is 4.90 Å². The number of rotatable bonds is 5. The predicted molar refractivity (Wildman–Crippen MR) is 97.9 cm³/mol. The largest absolute Gasteiger partial charge is 0.379 e. The summed E-state index contributed by atoms with van der Waals surface area (Å²) in [6.07, 6.45) is 0. The van der Waals surface area contributed by atoms with Crippen LogP contribution >= 0.6 is 22.9 Å². The Balaban J connectivity index is 1.59. The highest BCUT2D eigenvalue weighted by Crippen LogP contribution is 2.25. The van der Waals surface area contributed by atoms with Crippen molar-refractivity contribution in [2.75, 3.05) is 38.2 Å². The third kappa shape index (κ3) is 4.70. The molecule has 0 radical (unpaired) electrons. The molecule has 1 unspecified atom stereocenters. The van der Waals surface area contributed by atoms with Crippen LogP contribution in [0.3, 0.4) is 0 Å². The summed E-state index contributed by atoms with van der Waals surface area (Å²) >= 11 is 7.65. The topological polar surface area (TPSA) is 53.6 Å². The number of halogens is 1. The number of hydrogen-bond donors (Lipinski definition) is 2. The maximum Gasteiger partial charge on any atom is 0.319 e. The van der Waals surface area contributed by atoms with E-state index in [-0.39, 0.29) is 12.1 Å². The maximum atomic E-state index is 12.2. The molecule has 24 heavy (non-hydrogen) atoms. The van der Waals surface area contributed by atoms with Gasteiger partial charge in [0.1, 0.15) is 0 Å². The zero-order valence-corrected chi connectivity index (χ0v) is 14.8. The van der Waals surface area contributed by atoms with Crippen molar-refractivity contribution in [3.63, 3.8) is 0 Å². The van der Waals surface area contributed by atoms with Crippen molar-refractivity contribution < 1.29 is 9.53 Å². The van der Waals surface area contributed by atoms with Crippen LogP contribution in [-0.4, -0.2) is 43.8 Å². The highest BCUT2D eigenvalue weighted by atomic mass is 35.5. The van der Waals surface area contributed by atoms with E-state index in [2.05, 4.69) is 27.0 Å². The van der Waals surface area contributed by atoms with Gasteiger partial charge in [-0.15, -0.1) is 11.3 Å². The van der Waals surface area contributed by atoms with E-state index < -0.39 is 0 Å². The molecule has 0 spiro atoms. The Morgan fingerprint density at radius 3 is 2.83 bits per heavy atom. The summed E-state index contributed by atoms with van der Waals surface area (Å²) in [5.41, 5.74) is 0.680. The van der Waals surface area contributed by atoms with Gasteiger partial charge < -0.3 is 15.4 Å². The normalized spacial score (nSPS) is 16.5. The summed E-state index contributed by atoms with van der Waals surface area (Å²) in [6.45, 7) is 3.76. The minimum absolute atomic E-state index is 0.166. The fraction of sp³-hybridized carbons (Fsp3) is 0.353. The first-order chi connectivity index (χ1) is 11.7. The van der Waals surface area contributed by atoms with E-state index in [1.165, 1.54) is 4.88 Å². The molecule has 5 nitrogen and oxygen atoms in total. The van der Waals surface area contributed by atoms with Gasteiger partial charge in [0.2, 0.25) is 0 Å². The number of nitrogens with one attached hydrogen (secondary N) is 2. The van der Waals surface area contributed by atoms with Crippen LogP contribution < -0.4 is 10.6 Å². The Bertz CT molecular complexity index is 660. The number of nitrogens with zero attached hydrogens (tertiary/aromatic N) is 1. The van der Waals surface area contributed by atoms with E-state index in [1.807, 2.05) is 12.1 Å². The summed E-state index contributed by atoms with van der Waals surface area (Å²) in [7, 11) is 0. The molecule has 1 aliphatic heterocycles. The van der Waals surface area contributed by atoms with Gasteiger partial charge >= 0.3 is 6.03 Å². The maximum absolute atomic E-state index is 12.2. The van der Waals surface area contributed by atoms with Crippen LogP contribution in [0.1, 0.15) is 10.9 Å². The van der Waals surface area contributed by atoms with Gasteiger partial charge in [0.05, 0.1) is 19.3 Å². The molecule has 1 aliphatic rings. The highest BCUT2D eigenvalue weighted by molar-refractivity contribution is 7.10. The lowest BCUT2D eigenvalue weighted by Crippen LogP contribution is -2.44. The lowest BCUT2D eigenvalue weighted by Gasteiger charge is -2.34. The molecule has 128 valence electrons. The van der Waals surface area contributed by atoms with Crippen molar-refractivity contribution in [1.29, 1.82) is 0 Å². The molecule has 0 bridgehead atoms. The average Bonchev–Trinajstić information content (AvgIpc) is 3.10. The molecule has 1 saturated heterocycles. The van der Waals surface area contributed by atoms with Crippen molar-refractivity contribution in [3.05, 3.63) is 51.7 Å². The van der Waals surface area contributed by atoms with E-state index in [0.29, 0.717) is 17.3 Å². The molecule has 2 N–H and O–H groups in total. The molecule has 0 saturated carbocycles. The average molecular weight is 366 g/mol. The van der Waals surface area contributed by atoms with Crippen molar-refractivity contribution in [2.24, 2.45) is 0 Å². The highest BCUT2D eigenvalue weighted by Gasteiger charge is 2.23. The van der Waals surface area contributed by atoms with Crippen LogP contribution in [0, 0.1) is 0 Å². The molecule has 2 amide bonds. The summed E-state index contributed by atoms with van der Waals surface area (Å²) in [5.74, 6) is 0. The second-order valence-electron chi connectivity index (χ2n) is 5.52. The minimum atomic E-state index is -0.230. The predicted octanol–water partition coefficient (Wildman–Crippen LogP) is 3.60. The Labute approximate surface area is 150 Å². The van der Waals surface area contributed by atoms with Crippen LogP contribution in [0.2, 0.25) is 5.02 Å². The summed E-state index contributed by atoms with van der Waals surface area (Å²) in [4.78, 5) is 15.8. The zero-order valence-electron chi connectivity index (χ0n) is 13.2. The van der Waals surface area contributed by atoms with Gasteiger partial charge in [-0.1, -0.05) is 23.7 Å². The van der Waals surface area contributed by atoms with Crippen molar-refractivity contribution in [2.45, 2.75) is 6.04 Å². The fourth-order valence-corrected chi connectivity index (χ4v) is 3.76. The first-order valence-electron chi connectivity index (χ1n) is 7.88. The number of morpholine rings is 1. The number of ether oxygens (including phenoxy) is 1. The zero-order chi connectivity index (χ0) is 16.8. The SMILES string of the molecule is O=C(NCC(c1cccs1)N1CCOCC1)Nc1cccc(Cl)c1. The lowest BCUT2D eigenvalue weighted by molar-refractivity contribution is 0.0175. The summed E-state index contributed by atoms with van der Waals surface area (Å²) in [5, 5.41) is 8.44. The van der Waals surface area contributed by atoms with Gasteiger partial charge in [-0.2, -0.15) is 0 Å². The van der Waals surface area contributed by atoms with Crippen LogP contribution in [0.25, 0.3) is 0 Å². The molecular weight excluding hydrogens is 346 g/mol. The van der Waals surface area contributed by atoms with Crippen molar-refractivity contribution in [3.8, 4) is 0 Å². The number of anilines is 1. The summed E-state index contributed by atoms with van der Waals surface area (Å²) < 4.78 is 5.43. The molecule has 2 aromatic rings. The number of amides is 2. The van der Waals surface area contributed by atoms with E-state index in [9.17, 15) is 4.79 Å². The molecule has 7 heteroatoms. The Morgan fingerprint density at radius 2 is 2.12 bits per heavy atom. The number of carbonyl (C=O) groups is 1. The Kier molecular flexibility index (Phi) is 6.09. The van der Waals surface area contributed by atoms with E-state index in [0.717, 1.165) is 26.3 Å². The molecule has 0 aliphatic carbocycles. The smallest absolute Gasteiger partial charge is 0.319 e. The van der Waals surface area contributed by atoms with E-state index in [4.69, 9.17) is 16.3 Å². The molecule has 3 rings (SSSR count). The standard InChI is InChI=1S/C17H20ClN3O2S/c18-13-3-1-4-14(11-13)20-17(22)19-12-15(16-5-2-10-24-16)21-6-8-23-9-7-21/h1-5,10-11,15H,6-9,12H2,(H2,19,20,22). The number of carbonyl (C=O) groups excluding carboxylic acids is 1. The lowest BCUT2D eigenvalue weighted by atomic mass is 10.2. The third-order valence-corrected chi connectivity index (χ3v) is 5.11. The van der Waals surface area contributed by atoms with Gasteiger partial charge in [-0.25, -0.2) is 4.79 Å². The van der Waals surface area contributed by atoms with Gasteiger partial charge in [0.15, 0.2) is 0 Å². The van der Waals surface area contributed by atoms with E-state index in [1.54, 1.807) is 29.5 Å². The fourth-order valence-electron chi connectivity index (χ4n) is 2.71. The van der Waals surface area contributed by atoms with Crippen molar-refractivity contribution >= 4 is 34.7 Å². The van der Waals surface area contributed by atoms with Gasteiger partial charge in [-0.05, 0) is 29.6 Å². The summed E-state index contributed by atoms with van der Waals surface area (Å²) in [6, 6.07) is 11.2. The molecule has 1 fully saturated rings. The third-order valence-electron chi connectivity index (χ3n) is 3.90. The van der Waals surface area contributed by atoms with Crippen LogP contribution in [0.4, 0.5) is 10.5 Å². The molecule has 1 aromatic heterocycles.